The monoisotopic (exact) mass is 233 g/mol. The van der Waals surface area contributed by atoms with Crippen LogP contribution in [0, 0.1) is 32.8 Å². The van der Waals surface area contributed by atoms with Crippen LogP contribution >= 0.6 is 0 Å². The van der Waals surface area contributed by atoms with Gasteiger partial charge in [0.1, 0.15) is 17.7 Å². The normalized spacial score (nSPS) is 13.2. The molecule has 2 atom stereocenters. The molecule has 2 N–H and O–H groups in total. The fraction of sp³-hybridized carbons (Fsp3) is 0.200. The summed E-state index contributed by atoms with van der Waals surface area (Å²) in [4.78, 5) is 9.87. The van der Waals surface area contributed by atoms with Gasteiger partial charge in [-0.25, -0.2) is 0 Å². The zero-order valence-electron chi connectivity index (χ0n) is 8.44. The van der Waals surface area contributed by atoms with Gasteiger partial charge in [0.15, 0.2) is 6.10 Å². The van der Waals surface area contributed by atoms with Crippen LogP contribution in [0.4, 0.5) is 5.69 Å². The van der Waals surface area contributed by atoms with Crippen molar-refractivity contribution in [3.05, 3.63) is 39.4 Å². The van der Waals surface area contributed by atoms with E-state index in [1.165, 1.54) is 12.1 Å². The quantitative estimate of drug-likeness (QED) is 0.440. The first-order chi connectivity index (χ1) is 8.01. The topological polar surface area (TPSA) is 131 Å². The molecule has 17 heavy (non-hydrogen) atoms. The van der Waals surface area contributed by atoms with E-state index in [9.17, 15) is 15.2 Å². The Morgan fingerprint density at radius 1 is 1.35 bits per heavy atom. The Kier molecular flexibility index (Phi) is 3.73. The third kappa shape index (κ3) is 2.55. The number of benzene rings is 1. The van der Waals surface area contributed by atoms with Crippen molar-refractivity contribution in [1.82, 2.24) is 0 Å². The molecule has 0 aliphatic rings. The predicted molar refractivity (Wildman–Crippen MR) is 54.4 cm³/mol. The van der Waals surface area contributed by atoms with E-state index in [0.717, 1.165) is 12.1 Å². The highest BCUT2D eigenvalue weighted by atomic mass is 16.6. The highest BCUT2D eigenvalue weighted by molar-refractivity contribution is 5.51. The number of nitrogens with zero attached hydrogens (tertiary/aromatic N) is 3. The molecule has 0 saturated heterocycles. The van der Waals surface area contributed by atoms with Crippen molar-refractivity contribution in [2.24, 2.45) is 0 Å². The molecule has 0 saturated carbocycles. The first kappa shape index (κ1) is 12.6. The number of aliphatic hydroxyl groups excluding tert-OH is 2. The van der Waals surface area contributed by atoms with Crippen molar-refractivity contribution in [1.29, 1.82) is 10.5 Å². The lowest BCUT2D eigenvalue weighted by molar-refractivity contribution is -0.385. The second-order valence-electron chi connectivity index (χ2n) is 3.16. The van der Waals surface area contributed by atoms with Gasteiger partial charge in [0.2, 0.25) is 0 Å². The van der Waals surface area contributed by atoms with E-state index in [2.05, 4.69) is 0 Å². The summed E-state index contributed by atoms with van der Waals surface area (Å²) in [6.45, 7) is 0. The maximum atomic E-state index is 10.6. The van der Waals surface area contributed by atoms with E-state index in [-0.39, 0.29) is 11.1 Å². The van der Waals surface area contributed by atoms with Gasteiger partial charge in [0, 0.05) is 6.07 Å². The zero-order valence-corrected chi connectivity index (χ0v) is 8.44. The van der Waals surface area contributed by atoms with Crippen molar-refractivity contribution in [2.45, 2.75) is 12.2 Å². The Morgan fingerprint density at radius 3 is 2.47 bits per heavy atom. The van der Waals surface area contributed by atoms with Gasteiger partial charge in [-0.15, -0.1) is 0 Å². The van der Waals surface area contributed by atoms with E-state index >= 15 is 0 Å². The molecule has 0 amide bonds. The van der Waals surface area contributed by atoms with Crippen LogP contribution in [0.5, 0.6) is 0 Å². The number of nitro benzene ring substituents is 1. The van der Waals surface area contributed by atoms with Gasteiger partial charge >= 0.3 is 0 Å². The predicted octanol–water partition coefficient (Wildman–Crippen LogP) is 0.384. The number of hydrogen-bond acceptors (Lipinski definition) is 6. The molecule has 7 heteroatoms. The lowest BCUT2D eigenvalue weighted by Crippen LogP contribution is -2.16. The molecule has 0 spiro atoms. The van der Waals surface area contributed by atoms with Gasteiger partial charge in [-0.2, -0.15) is 10.5 Å². The maximum Gasteiger partial charge on any atom is 0.287 e. The molecule has 0 heterocycles. The van der Waals surface area contributed by atoms with E-state index in [4.69, 9.17) is 15.6 Å². The molecule has 86 valence electrons. The summed E-state index contributed by atoms with van der Waals surface area (Å²) in [6.07, 6.45) is -3.23. The SMILES string of the molecule is N#Cc1ccc(C(O)C(O)C#N)cc1[N+](=O)[O-]. The van der Waals surface area contributed by atoms with Crippen molar-refractivity contribution < 1.29 is 15.1 Å². The van der Waals surface area contributed by atoms with Gasteiger partial charge in [-0.3, -0.25) is 10.1 Å². The van der Waals surface area contributed by atoms with Crippen LogP contribution in [0.2, 0.25) is 0 Å². The fourth-order valence-corrected chi connectivity index (χ4v) is 1.23. The molecule has 0 aliphatic heterocycles. The second kappa shape index (κ2) is 5.03. The summed E-state index contributed by atoms with van der Waals surface area (Å²) in [7, 11) is 0. The van der Waals surface area contributed by atoms with Crippen molar-refractivity contribution in [3.63, 3.8) is 0 Å². The minimum Gasteiger partial charge on any atom is -0.385 e. The van der Waals surface area contributed by atoms with Gasteiger partial charge in [0.05, 0.1) is 11.0 Å². The molecule has 0 bridgehead atoms. The Balaban J connectivity index is 3.23. The maximum absolute atomic E-state index is 10.6. The Morgan fingerprint density at radius 2 is 2.00 bits per heavy atom. The molecule has 0 radical (unpaired) electrons. The highest BCUT2D eigenvalue weighted by Crippen LogP contribution is 2.24. The van der Waals surface area contributed by atoms with Crippen molar-refractivity contribution in [2.75, 3.05) is 0 Å². The van der Waals surface area contributed by atoms with Crippen molar-refractivity contribution in [3.8, 4) is 12.1 Å². The lowest BCUT2D eigenvalue weighted by Gasteiger charge is -2.11. The van der Waals surface area contributed by atoms with Crippen LogP contribution < -0.4 is 0 Å². The summed E-state index contributed by atoms with van der Waals surface area (Å²) in [5.41, 5.74) is -0.628. The van der Waals surface area contributed by atoms with Crippen LogP contribution in [-0.4, -0.2) is 21.2 Å². The second-order valence-corrected chi connectivity index (χ2v) is 3.16. The largest absolute Gasteiger partial charge is 0.385 e. The minimum absolute atomic E-state index is 0.00440. The number of rotatable bonds is 3. The first-order valence-corrected chi connectivity index (χ1v) is 4.45. The standard InChI is InChI=1S/C10H7N3O4/c11-4-7-2-1-6(3-8(7)13(16)17)10(15)9(14)5-12/h1-3,9-10,14-15H. The van der Waals surface area contributed by atoms with Gasteiger partial charge in [0.25, 0.3) is 5.69 Å². The van der Waals surface area contributed by atoms with Gasteiger partial charge < -0.3 is 10.2 Å². The first-order valence-electron chi connectivity index (χ1n) is 4.45. The summed E-state index contributed by atoms with van der Waals surface area (Å²) < 4.78 is 0. The van der Waals surface area contributed by atoms with E-state index in [1.54, 1.807) is 6.07 Å². The van der Waals surface area contributed by atoms with Gasteiger partial charge in [-0.05, 0) is 11.6 Å². The van der Waals surface area contributed by atoms with E-state index in [1.807, 2.05) is 0 Å². The van der Waals surface area contributed by atoms with Crippen LogP contribution in [0.15, 0.2) is 18.2 Å². The summed E-state index contributed by atoms with van der Waals surface area (Å²) in [6, 6.07) is 6.41. The number of aliphatic hydroxyl groups is 2. The van der Waals surface area contributed by atoms with Crippen LogP contribution in [0.3, 0.4) is 0 Å². The summed E-state index contributed by atoms with van der Waals surface area (Å²) in [5, 5.41) is 46.2. The zero-order chi connectivity index (χ0) is 13.0. The van der Waals surface area contributed by atoms with Gasteiger partial charge in [-0.1, -0.05) is 6.07 Å². The summed E-state index contributed by atoms with van der Waals surface area (Å²) in [5.74, 6) is 0. The molecule has 7 nitrogen and oxygen atoms in total. The fourth-order valence-electron chi connectivity index (χ4n) is 1.23. The molecule has 2 unspecified atom stereocenters. The molecule has 1 aromatic rings. The Hall–Kier alpha value is -2.48. The summed E-state index contributed by atoms with van der Waals surface area (Å²) >= 11 is 0. The smallest absolute Gasteiger partial charge is 0.287 e. The van der Waals surface area contributed by atoms with E-state index in [0.29, 0.717) is 0 Å². The van der Waals surface area contributed by atoms with Crippen LogP contribution in [0.1, 0.15) is 17.2 Å². The molecular weight excluding hydrogens is 226 g/mol. The molecule has 1 aromatic carbocycles. The highest BCUT2D eigenvalue weighted by Gasteiger charge is 2.22. The molecular formula is C10H7N3O4. The average Bonchev–Trinajstić information content (AvgIpc) is 2.35. The molecule has 0 aliphatic carbocycles. The number of nitro groups is 1. The molecule has 0 fully saturated rings. The average molecular weight is 233 g/mol. The Labute approximate surface area is 95.9 Å². The molecule has 1 rings (SSSR count). The van der Waals surface area contributed by atoms with E-state index < -0.39 is 22.8 Å². The number of hydrogen-bond donors (Lipinski definition) is 2. The van der Waals surface area contributed by atoms with Crippen molar-refractivity contribution >= 4 is 5.69 Å². The lowest BCUT2D eigenvalue weighted by atomic mass is 10.0. The van der Waals surface area contributed by atoms with Crippen LogP contribution in [-0.2, 0) is 0 Å². The third-order valence-electron chi connectivity index (χ3n) is 2.11. The number of nitriles is 2. The third-order valence-corrected chi connectivity index (χ3v) is 2.11. The minimum atomic E-state index is -1.68. The molecule has 0 aromatic heterocycles. The van der Waals surface area contributed by atoms with Crippen LogP contribution in [0.25, 0.3) is 0 Å². The Bertz CT molecular complexity index is 529.